The number of aromatic nitrogens is 2. The summed E-state index contributed by atoms with van der Waals surface area (Å²) in [6, 6.07) is 3.93. The van der Waals surface area contributed by atoms with Gasteiger partial charge in [-0.3, -0.25) is 0 Å². The lowest BCUT2D eigenvalue weighted by Crippen LogP contribution is -2.12. The first-order chi connectivity index (χ1) is 21.1. The van der Waals surface area contributed by atoms with Crippen molar-refractivity contribution in [1.29, 1.82) is 0 Å². The van der Waals surface area contributed by atoms with E-state index in [9.17, 15) is 52.7 Å². The maximum absolute atomic E-state index is 14.4. The molecule has 4 aromatic carbocycles. The Balaban J connectivity index is 1.84. The number of oxazole rings is 2. The maximum atomic E-state index is 14.4. The van der Waals surface area contributed by atoms with Crippen molar-refractivity contribution in [3.63, 3.8) is 0 Å². The Bertz CT molecular complexity index is 2040. The fourth-order valence-corrected chi connectivity index (χ4v) is 6.09. The van der Waals surface area contributed by atoms with Gasteiger partial charge in [-0.1, -0.05) is 12.1 Å². The van der Waals surface area contributed by atoms with Crippen molar-refractivity contribution in [2.24, 2.45) is 0 Å². The standard InChI is InChI=1S/C28H8F12I2N2O2/c29-25(30,31)9-1-3-11(15(5-9)27(35,36)37)19-13-7-18-22(46-24(42)44-18)20(14(13)8-17-21(19)45-23(41)43-17)12-4-2-10(26(32,33)34)6-16(12)28(38,39)40/h1-8H. The molecule has 0 aliphatic heterocycles. The van der Waals surface area contributed by atoms with Crippen molar-refractivity contribution in [2.75, 3.05) is 0 Å². The van der Waals surface area contributed by atoms with E-state index in [-0.39, 0.29) is 52.9 Å². The van der Waals surface area contributed by atoms with Gasteiger partial charge in [0.15, 0.2) is 11.2 Å². The highest BCUT2D eigenvalue weighted by atomic mass is 127. The van der Waals surface area contributed by atoms with E-state index in [1.54, 1.807) is 45.2 Å². The number of nitrogens with zero attached hydrogens (tertiary/aromatic N) is 2. The van der Waals surface area contributed by atoms with Crippen molar-refractivity contribution in [3.8, 4) is 22.3 Å². The van der Waals surface area contributed by atoms with E-state index in [1.807, 2.05) is 0 Å². The zero-order valence-corrected chi connectivity index (χ0v) is 25.9. The van der Waals surface area contributed by atoms with Crippen molar-refractivity contribution < 1.29 is 61.5 Å². The van der Waals surface area contributed by atoms with Gasteiger partial charge in [0.05, 0.1) is 22.3 Å². The van der Waals surface area contributed by atoms with E-state index in [0.717, 1.165) is 12.1 Å². The molecule has 6 rings (SSSR count). The van der Waals surface area contributed by atoms with E-state index < -0.39 is 69.2 Å². The molecule has 0 saturated carbocycles. The molecule has 0 unspecified atom stereocenters. The van der Waals surface area contributed by atoms with Crippen LogP contribution in [0.2, 0.25) is 0 Å². The Morgan fingerprint density at radius 2 is 0.826 bits per heavy atom. The highest BCUT2D eigenvalue weighted by Gasteiger charge is 2.41. The third-order valence-corrected chi connectivity index (χ3v) is 7.87. The Kier molecular flexibility index (Phi) is 7.52. The van der Waals surface area contributed by atoms with Gasteiger partial charge in [0, 0.05) is 56.3 Å². The topological polar surface area (TPSA) is 52.1 Å². The van der Waals surface area contributed by atoms with Crippen LogP contribution >= 0.6 is 45.2 Å². The lowest BCUT2D eigenvalue weighted by atomic mass is 9.87. The Morgan fingerprint density at radius 3 is 1.13 bits per heavy atom. The van der Waals surface area contributed by atoms with Crippen LogP contribution in [0.1, 0.15) is 22.3 Å². The number of rotatable bonds is 2. The Hall–Kier alpha value is -3.30. The highest BCUT2D eigenvalue weighted by molar-refractivity contribution is 14.1. The summed E-state index contributed by atoms with van der Waals surface area (Å²) >= 11 is 3.13. The van der Waals surface area contributed by atoms with Crippen LogP contribution in [-0.4, -0.2) is 9.97 Å². The summed E-state index contributed by atoms with van der Waals surface area (Å²) in [5.41, 5.74) is -10.5. The fraction of sp³-hybridized carbons (Fsp3) is 0.143. The van der Waals surface area contributed by atoms with Crippen LogP contribution in [0.4, 0.5) is 52.7 Å². The van der Waals surface area contributed by atoms with E-state index in [2.05, 4.69) is 9.97 Å². The van der Waals surface area contributed by atoms with Crippen molar-refractivity contribution in [2.45, 2.75) is 24.7 Å². The number of alkyl halides is 12. The SMILES string of the molecule is FC(F)(F)c1ccc(-c2c3cc4nc(I)oc4c(-c4ccc(C(F)(F)F)cc4C(F)(F)F)c3cc3nc(I)oc23)c(C(F)(F)F)c1. The summed E-state index contributed by atoms with van der Waals surface area (Å²) in [6.45, 7) is 0. The molecule has 2 heterocycles. The van der Waals surface area contributed by atoms with Gasteiger partial charge in [0.25, 0.3) is 7.79 Å². The highest BCUT2D eigenvalue weighted by Crippen LogP contribution is 2.50. The van der Waals surface area contributed by atoms with Gasteiger partial charge >= 0.3 is 24.7 Å². The largest absolute Gasteiger partial charge is 0.431 e. The quantitative estimate of drug-likeness (QED) is 0.128. The minimum absolute atomic E-state index is 0.114. The predicted molar refractivity (Wildman–Crippen MR) is 155 cm³/mol. The molecule has 4 nitrogen and oxygen atoms in total. The van der Waals surface area contributed by atoms with E-state index >= 15 is 0 Å². The molecule has 0 amide bonds. The Morgan fingerprint density at radius 1 is 0.478 bits per heavy atom. The summed E-state index contributed by atoms with van der Waals surface area (Å²) < 4.78 is 178. The lowest BCUT2D eigenvalue weighted by molar-refractivity contribution is -0.144. The molecule has 0 spiro atoms. The molecule has 240 valence electrons. The lowest BCUT2D eigenvalue weighted by Gasteiger charge is -2.20. The summed E-state index contributed by atoms with van der Waals surface area (Å²) in [4.78, 5) is 8.15. The van der Waals surface area contributed by atoms with Crippen LogP contribution in [0.25, 0.3) is 55.2 Å². The predicted octanol–water partition coefficient (Wildman–Crippen LogP) is 11.7. The van der Waals surface area contributed by atoms with Gasteiger partial charge in [-0.2, -0.15) is 52.7 Å². The molecule has 0 aliphatic rings. The minimum atomic E-state index is -5.37. The number of halogens is 14. The molecule has 0 bridgehead atoms. The summed E-state index contributed by atoms with van der Waals surface area (Å²) in [7, 11) is 0. The molecule has 0 radical (unpaired) electrons. The van der Waals surface area contributed by atoms with Gasteiger partial charge in [0.2, 0.25) is 0 Å². The molecule has 0 N–H and O–H groups in total. The summed E-state index contributed by atoms with van der Waals surface area (Å²) in [5.74, 6) is 0. The van der Waals surface area contributed by atoms with Crippen LogP contribution in [0.3, 0.4) is 0 Å². The monoisotopic (exact) mass is 886 g/mol. The first-order valence-electron chi connectivity index (χ1n) is 12.2. The van der Waals surface area contributed by atoms with Gasteiger partial charge in [-0.25, -0.2) is 9.97 Å². The van der Waals surface area contributed by atoms with Crippen molar-refractivity contribution >= 4 is 78.2 Å². The smallest absolute Gasteiger partial charge is 0.417 e. The number of hydrogen-bond donors (Lipinski definition) is 0. The molecule has 6 aromatic rings. The van der Waals surface area contributed by atoms with Gasteiger partial charge < -0.3 is 8.83 Å². The van der Waals surface area contributed by atoms with Gasteiger partial charge in [-0.05, 0) is 58.3 Å². The number of hydrogen-bond acceptors (Lipinski definition) is 4. The third kappa shape index (κ3) is 5.63. The van der Waals surface area contributed by atoms with Crippen molar-refractivity contribution in [1.82, 2.24) is 9.97 Å². The molecule has 0 aliphatic carbocycles. The summed E-state index contributed by atoms with van der Waals surface area (Å²) in [5, 5.41) is -0.573. The molecule has 0 atom stereocenters. The molecule has 0 fully saturated rings. The van der Waals surface area contributed by atoms with E-state index in [1.165, 1.54) is 0 Å². The number of benzene rings is 4. The second-order valence-electron chi connectivity index (χ2n) is 9.74. The third-order valence-electron chi connectivity index (χ3n) is 6.94. The molecule has 18 heteroatoms. The number of fused-ring (bicyclic) bond motifs is 3. The van der Waals surface area contributed by atoms with Crippen molar-refractivity contribution in [3.05, 3.63) is 78.6 Å². The normalized spacial score (nSPS) is 13.4. The van der Waals surface area contributed by atoms with Crippen LogP contribution in [-0.2, 0) is 24.7 Å². The second-order valence-corrected chi connectivity index (χ2v) is 11.6. The Labute approximate surface area is 274 Å². The summed E-state index contributed by atoms with van der Waals surface area (Å²) in [6.07, 6.45) is -21.1. The van der Waals surface area contributed by atoms with Crippen LogP contribution in [0.5, 0.6) is 0 Å². The zero-order valence-electron chi connectivity index (χ0n) is 21.6. The molecule has 46 heavy (non-hydrogen) atoms. The fourth-order valence-electron chi connectivity index (χ4n) is 5.13. The minimum Gasteiger partial charge on any atom is -0.431 e. The molecule has 0 saturated heterocycles. The average Bonchev–Trinajstić information content (AvgIpc) is 3.48. The maximum Gasteiger partial charge on any atom is 0.417 e. The van der Waals surface area contributed by atoms with E-state index in [0.29, 0.717) is 24.3 Å². The van der Waals surface area contributed by atoms with Crippen LogP contribution < -0.4 is 0 Å². The first-order valence-corrected chi connectivity index (χ1v) is 14.4. The van der Waals surface area contributed by atoms with Gasteiger partial charge in [0.1, 0.15) is 11.0 Å². The van der Waals surface area contributed by atoms with Crippen LogP contribution in [0, 0.1) is 7.79 Å². The zero-order chi connectivity index (χ0) is 33.7. The van der Waals surface area contributed by atoms with Gasteiger partial charge in [-0.15, -0.1) is 0 Å². The first kappa shape index (κ1) is 32.6. The molecular formula is C28H8F12I2N2O2. The molecule has 2 aromatic heterocycles. The average molecular weight is 886 g/mol. The molecular weight excluding hydrogens is 878 g/mol. The van der Waals surface area contributed by atoms with E-state index in [4.69, 9.17) is 8.83 Å². The second kappa shape index (κ2) is 10.6. The van der Waals surface area contributed by atoms with Crippen LogP contribution in [0.15, 0.2) is 57.4 Å².